The number of hydrogen-bond acceptors (Lipinski definition) is 2. The largest absolute Gasteiger partial charge is 0.481 e. The highest BCUT2D eigenvalue weighted by Crippen LogP contribution is 2.29. The van der Waals surface area contributed by atoms with Gasteiger partial charge in [-0.1, -0.05) is 24.6 Å². The Morgan fingerprint density at radius 2 is 2.00 bits per heavy atom. The first kappa shape index (κ1) is 16.5. The second kappa shape index (κ2) is 7.38. The Bertz CT molecular complexity index is 546. The van der Waals surface area contributed by atoms with Gasteiger partial charge in [0.05, 0.1) is 5.92 Å². The molecule has 1 aromatic rings. The van der Waals surface area contributed by atoms with Gasteiger partial charge in [0.2, 0.25) is 5.91 Å². The van der Waals surface area contributed by atoms with Gasteiger partial charge in [-0.2, -0.15) is 0 Å². The molecule has 5 heteroatoms. The maximum atomic E-state index is 13.6. The summed E-state index contributed by atoms with van der Waals surface area (Å²) >= 11 is 0. The summed E-state index contributed by atoms with van der Waals surface area (Å²) in [5, 5.41) is 12.0. The Hall–Kier alpha value is -1.91. The van der Waals surface area contributed by atoms with Crippen molar-refractivity contribution in [2.24, 2.45) is 11.8 Å². The van der Waals surface area contributed by atoms with E-state index in [0.29, 0.717) is 24.8 Å². The molecule has 1 amide bonds. The summed E-state index contributed by atoms with van der Waals surface area (Å²) < 4.78 is 13.6. The summed E-state index contributed by atoms with van der Waals surface area (Å²) in [4.78, 5) is 23.3. The zero-order valence-corrected chi connectivity index (χ0v) is 12.7. The van der Waals surface area contributed by atoms with Gasteiger partial charge in [0.25, 0.3) is 0 Å². The van der Waals surface area contributed by atoms with Crippen LogP contribution in [0.1, 0.15) is 38.2 Å². The quantitative estimate of drug-likeness (QED) is 0.879. The SMILES string of the molecule is CC(Cc1ccccc1F)NC(=O)C1CCCC(C(=O)O)C1. The number of benzene rings is 1. The van der Waals surface area contributed by atoms with Crippen LogP contribution < -0.4 is 5.32 Å². The predicted molar refractivity (Wildman–Crippen MR) is 80.8 cm³/mol. The second-order valence-corrected chi connectivity index (χ2v) is 6.10. The Morgan fingerprint density at radius 3 is 2.68 bits per heavy atom. The zero-order valence-electron chi connectivity index (χ0n) is 12.7. The van der Waals surface area contributed by atoms with E-state index in [1.807, 2.05) is 6.92 Å². The van der Waals surface area contributed by atoms with Crippen molar-refractivity contribution >= 4 is 11.9 Å². The Morgan fingerprint density at radius 1 is 1.32 bits per heavy atom. The van der Waals surface area contributed by atoms with E-state index in [1.54, 1.807) is 18.2 Å². The third-order valence-corrected chi connectivity index (χ3v) is 4.27. The van der Waals surface area contributed by atoms with Crippen molar-refractivity contribution in [3.63, 3.8) is 0 Å². The molecule has 2 rings (SSSR count). The molecule has 0 bridgehead atoms. The Balaban J connectivity index is 1.88. The molecule has 1 fully saturated rings. The first-order valence-electron chi connectivity index (χ1n) is 7.74. The minimum absolute atomic E-state index is 0.116. The highest BCUT2D eigenvalue weighted by atomic mass is 19.1. The van der Waals surface area contributed by atoms with Crippen LogP contribution in [-0.4, -0.2) is 23.0 Å². The number of carboxylic acids is 1. The molecule has 0 saturated heterocycles. The maximum Gasteiger partial charge on any atom is 0.306 e. The minimum Gasteiger partial charge on any atom is -0.481 e. The number of carbonyl (C=O) groups is 2. The van der Waals surface area contributed by atoms with E-state index in [1.165, 1.54) is 6.07 Å². The molecule has 1 aliphatic rings. The minimum atomic E-state index is -0.822. The lowest BCUT2D eigenvalue weighted by molar-refractivity contribution is -0.144. The van der Waals surface area contributed by atoms with Crippen molar-refractivity contribution in [2.45, 2.75) is 45.1 Å². The number of nitrogens with one attached hydrogen (secondary N) is 1. The standard InChI is InChI=1S/C17H22FNO3/c1-11(9-12-5-2-3-8-15(12)18)19-16(20)13-6-4-7-14(10-13)17(21)22/h2-3,5,8,11,13-14H,4,6-7,9-10H2,1H3,(H,19,20)(H,21,22). The van der Waals surface area contributed by atoms with E-state index in [9.17, 15) is 14.0 Å². The highest BCUT2D eigenvalue weighted by Gasteiger charge is 2.31. The number of aliphatic carboxylic acids is 1. The number of hydrogen-bond donors (Lipinski definition) is 2. The second-order valence-electron chi connectivity index (χ2n) is 6.10. The van der Waals surface area contributed by atoms with Crippen LogP contribution in [0.2, 0.25) is 0 Å². The summed E-state index contributed by atoms with van der Waals surface area (Å²) in [7, 11) is 0. The van der Waals surface area contributed by atoms with Gasteiger partial charge in [-0.25, -0.2) is 4.39 Å². The monoisotopic (exact) mass is 307 g/mol. The summed E-state index contributed by atoms with van der Waals surface area (Å²) in [5.74, 6) is -1.89. The van der Waals surface area contributed by atoms with Crippen molar-refractivity contribution in [2.75, 3.05) is 0 Å². The van der Waals surface area contributed by atoms with Gasteiger partial charge in [0.1, 0.15) is 5.82 Å². The van der Waals surface area contributed by atoms with E-state index >= 15 is 0 Å². The summed E-state index contributed by atoms with van der Waals surface area (Å²) in [6.45, 7) is 1.84. The van der Waals surface area contributed by atoms with Gasteiger partial charge >= 0.3 is 5.97 Å². The first-order valence-corrected chi connectivity index (χ1v) is 7.74. The average Bonchev–Trinajstić information content (AvgIpc) is 2.49. The third-order valence-electron chi connectivity index (χ3n) is 4.27. The predicted octanol–water partition coefficient (Wildman–Crippen LogP) is 2.76. The van der Waals surface area contributed by atoms with Crippen LogP contribution in [0.4, 0.5) is 4.39 Å². The highest BCUT2D eigenvalue weighted by molar-refractivity contribution is 5.80. The molecule has 0 aromatic heterocycles. The number of carboxylic acid groups (broad SMARTS) is 1. The Kier molecular flexibility index (Phi) is 5.52. The van der Waals surface area contributed by atoms with Crippen molar-refractivity contribution in [1.29, 1.82) is 0 Å². The van der Waals surface area contributed by atoms with Crippen molar-refractivity contribution in [3.8, 4) is 0 Å². The fourth-order valence-corrected chi connectivity index (χ4v) is 3.06. The number of halogens is 1. The normalized spacial score (nSPS) is 22.8. The lowest BCUT2D eigenvalue weighted by atomic mass is 9.81. The lowest BCUT2D eigenvalue weighted by Crippen LogP contribution is -2.40. The first-order chi connectivity index (χ1) is 10.5. The molecule has 22 heavy (non-hydrogen) atoms. The summed E-state index contributed by atoms with van der Waals surface area (Å²) in [5.41, 5.74) is 0.572. The molecule has 1 aliphatic carbocycles. The van der Waals surface area contributed by atoms with Crippen molar-refractivity contribution in [1.82, 2.24) is 5.32 Å². The van der Waals surface area contributed by atoms with E-state index in [2.05, 4.69) is 5.32 Å². The fourth-order valence-electron chi connectivity index (χ4n) is 3.06. The lowest BCUT2D eigenvalue weighted by Gasteiger charge is -2.27. The number of amides is 1. The van der Waals surface area contributed by atoms with Crippen LogP contribution in [-0.2, 0) is 16.0 Å². The molecule has 0 radical (unpaired) electrons. The molecular formula is C17H22FNO3. The van der Waals surface area contributed by atoms with E-state index in [4.69, 9.17) is 5.11 Å². The summed E-state index contributed by atoms with van der Waals surface area (Å²) in [6, 6.07) is 6.33. The van der Waals surface area contributed by atoms with E-state index in [0.717, 1.165) is 12.8 Å². The van der Waals surface area contributed by atoms with Crippen molar-refractivity contribution < 1.29 is 19.1 Å². The third kappa shape index (κ3) is 4.29. The van der Waals surface area contributed by atoms with E-state index < -0.39 is 11.9 Å². The molecule has 120 valence electrons. The number of rotatable bonds is 5. The molecule has 2 N–H and O–H groups in total. The van der Waals surface area contributed by atoms with Gasteiger partial charge in [-0.05, 0) is 44.2 Å². The number of carbonyl (C=O) groups excluding carboxylic acids is 1. The van der Waals surface area contributed by atoms with Crippen LogP contribution in [0, 0.1) is 17.7 Å². The molecule has 0 heterocycles. The molecule has 0 aliphatic heterocycles. The van der Waals surface area contributed by atoms with Crippen LogP contribution >= 0.6 is 0 Å². The van der Waals surface area contributed by atoms with Gasteiger partial charge in [0.15, 0.2) is 0 Å². The average molecular weight is 307 g/mol. The molecule has 1 saturated carbocycles. The smallest absolute Gasteiger partial charge is 0.306 e. The Labute approximate surface area is 129 Å². The van der Waals surface area contributed by atoms with Crippen LogP contribution in [0.5, 0.6) is 0 Å². The van der Waals surface area contributed by atoms with Gasteiger partial charge in [-0.3, -0.25) is 9.59 Å². The molecule has 3 atom stereocenters. The van der Waals surface area contributed by atoms with E-state index in [-0.39, 0.29) is 23.7 Å². The van der Waals surface area contributed by atoms with Crippen molar-refractivity contribution in [3.05, 3.63) is 35.6 Å². The van der Waals surface area contributed by atoms with Gasteiger partial charge < -0.3 is 10.4 Å². The van der Waals surface area contributed by atoms with Crippen LogP contribution in [0.25, 0.3) is 0 Å². The van der Waals surface area contributed by atoms with Gasteiger partial charge in [0, 0.05) is 12.0 Å². The maximum absolute atomic E-state index is 13.6. The van der Waals surface area contributed by atoms with Crippen LogP contribution in [0.3, 0.4) is 0 Å². The molecule has 1 aromatic carbocycles. The van der Waals surface area contributed by atoms with Gasteiger partial charge in [-0.15, -0.1) is 0 Å². The molecular weight excluding hydrogens is 285 g/mol. The van der Waals surface area contributed by atoms with Crippen LogP contribution in [0.15, 0.2) is 24.3 Å². The zero-order chi connectivity index (χ0) is 16.1. The molecule has 0 spiro atoms. The summed E-state index contributed by atoms with van der Waals surface area (Å²) in [6.07, 6.45) is 2.95. The molecule has 3 unspecified atom stereocenters. The molecule has 4 nitrogen and oxygen atoms in total. The fraction of sp³-hybridized carbons (Fsp3) is 0.529. The topological polar surface area (TPSA) is 66.4 Å².